The van der Waals surface area contributed by atoms with Crippen LogP contribution in [0, 0.1) is 0 Å². The van der Waals surface area contributed by atoms with Crippen LogP contribution >= 0.6 is 0 Å². The summed E-state index contributed by atoms with van der Waals surface area (Å²) in [4.78, 5) is 24.3. The van der Waals surface area contributed by atoms with E-state index in [2.05, 4.69) is 10.6 Å². The lowest BCUT2D eigenvalue weighted by Crippen LogP contribution is -2.15. The molecule has 6 heteroatoms. The van der Waals surface area contributed by atoms with Crippen LogP contribution in [0.25, 0.3) is 0 Å². The van der Waals surface area contributed by atoms with Gasteiger partial charge in [-0.25, -0.2) is 0 Å². The molecule has 0 bridgehead atoms. The number of hydrogen-bond donors (Lipinski definition) is 4. The van der Waals surface area contributed by atoms with Crippen molar-refractivity contribution in [3.05, 3.63) is 83.9 Å². The van der Waals surface area contributed by atoms with E-state index in [1.807, 2.05) is 24.3 Å². The smallest absolute Gasteiger partial charge is 0.181 e. The fraction of sp³-hybridized carbons (Fsp3) is 0.0909. The number of nitrogens with one attached hydrogen (secondary N) is 2. The summed E-state index contributed by atoms with van der Waals surface area (Å²) >= 11 is 0. The van der Waals surface area contributed by atoms with Crippen LogP contribution in [0.2, 0.25) is 0 Å². The molecule has 0 heterocycles. The average Bonchev–Trinajstić information content (AvgIpc) is 2.72. The first-order chi connectivity index (χ1) is 13.5. The molecule has 0 spiro atoms. The van der Waals surface area contributed by atoms with Gasteiger partial charge in [0, 0.05) is 33.9 Å². The van der Waals surface area contributed by atoms with E-state index in [0.717, 1.165) is 11.4 Å². The Labute approximate surface area is 163 Å². The van der Waals surface area contributed by atoms with Gasteiger partial charge in [0.05, 0.1) is 13.1 Å². The topological polar surface area (TPSA) is 110 Å². The lowest BCUT2D eigenvalue weighted by Gasteiger charge is -2.09. The number of ketones is 2. The van der Waals surface area contributed by atoms with Gasteiger partial charge in [0.1, 0.15) is 0 Å². The second-order valence-corrected chi connectivity index (χ2v) is 6.37. The van der Waals surface area contributed by atoms with Gasteiger partial charge in [-0.15, -0.1) is 0 Å². The number of Topliss-reactive ketones (excluding diaryl/α,β-unsaturated/α-hetero) is 2. The molecule has 28 heavy (non-hydrogen) atoms. The Morgan fingerprint density at radius 2 is 0.893 bits per heavy atom. The van der Waals surface area contributed by atoms with Crippen molar-refractivity contribution in [3.63, 3.8) is 0 Å². The maximum atomic E-state index is 12.2. The largest absolute Gasteiger partial charge is 0.399 e. The average molecular weight is 374 g/mol. The van der Waals surface area contributed by atoms with Crippen LogP contribution in [0.15, 0.2) is 72.8 Å². The lowest BCUT2D eigenvalue weighted by molar-refractivity contribution is 0.0998. The third kappa shape index (κ3) is 5.11. The monoisotopic (exact) mass is 374 g/mol. The predicted octanol–water partition coefficient (Wildman–Crippen LogP) is 3.44. The van der Waals surface area contributed by atoms with E-state index < -0.39 is 0 Å². The number of benzene rings is 3. The molecule has 3 rings (SSSR count). The van der Waals surface area contributed by atoms with Gasteiger partial charge in [0.2, 0.25) is 0 Å². The van der Waals surface area contributed by atoms with Crippen molar-refractivity contribution in [1.29, 1.82) is 0 Å². The molecular weight excluding hydrogens is 352 g/mol. The van der Waals surface area contributed by atoms with E-state index >= 15 is 0 Å². The van der Waals surface area contributed by atoms with Gasteiger partial charge < -0.3 is 22.1 Å². The fourth-order valence-corrected chi connectivity index (χ4v) is 2.61. The molecule has 6 nitrogen and oxygen atoms in total. The second-order valence-electron chi connectivity index (χ2n) is 6.37. The summed E-state index contributed by atoms with van der Waals surface area (Å²) in [6.07, 6.45) is 0. The maximum Gasteiger partial charge on any atom is 0.181 e. The van der Waals surface area contributed by atoms with Crippen LogP contribution in [0.5, 0.6) is 0 Å². The van der Waals surface area contributed by atoms with Crippen LogP contribution in [-0.4, -0.2) is 24.7 Å². The Morgan fingerprint density at radius 3 is 1.21 bits per heavy atom. The molecule has 0 unspecified atom stereocenters. The summed E-state index contributed by atoms with van der Waals surface area (Å²) in [6, 6.07) is 21.1. The van der Waals surface area contributed by atoms with Gasteiger partial charge in [-0.3, -0.25) is 9.59 Å². The van der Waals surface area contributed by atoms with Crippen LogP contribution in [0.1, 0.15) is 20.7 Å². The molecule has 0 saturated carbocycles. The van der Waals surface area contributed by atoms with Crippen molar-refractivity contribution >= 4 is 34.3 Å². The number of carbonyl (C=O) groups is 2. The van der Waals surface area contributed by atoms with Crippen LogP contribution in [0.3, 0.4) is 0 Å². The van der Waals surface area contributed by atoms with E-state index in [9.17, 15) is 9.59 Å². The van der Waals surface area contributed by atoms with Crippen molar-refractivity contribution < 1.29 is 9.59 Å². The highest BCUT2D eigenvalue weighted by Crippen LogP contribution is 2.15. The SMILES string of the molecule is Nc1ccc(C(=O)CNc2ccc(NCC(=O)c3ccc(N)cc3)cc2)cc1. The molecule has 0 radical (unpaired) electrons. The Morgan fingerprint density at radius 1 is 0.571 bits per heavy atom. The quantitative estimate of drug-likeness (QED) is 0.355. The molecular formula is C22H22N4O2. The van der Waals surface area contributed by atoms with Crippen molar-refractivity contribution in [3.8, 4) is 0 Å². The molecule has 0 aliphatic rings. The molecule has 0 fully saturated rings. The van der Waals surface area contributed by atoms with Crippen LogP contribution < -0.4 is 22.1 Å². The summed E-state index contributed by atoms with van der Waals surface area (Å²) in [5.41, 5.74) is 15.4. The Bertz CT molecular complexity index is 869. The molecule has 0 aliphatic heterocycles. The Hall–Kier alpha value is -3.80. The highest BCUT2D eigenvalue weighted by atomic mass is 16.1. The molecule has 0 aromatic heterocycles. The predicted molar refractivity (Wildman–Crippen MR) is 114 cm³/mol. The zero-order chi connectivity index (χ0) is 19.9. The number of carbonyl (C=O) groups excluding carboxylic acids is 2. The van der Waals surface area contributed by atoms with Gasteiger partial charge in [-0.2, -0.15) is 0 Å². The minimum absolute atomic E-state index is 0.0173. The van der Waals surface area contributed by atoms with Gasteiger partial charge >= 0.3 is 0 Å². The van der Waals surface area contributed by atoms with Crippen molar-refractivity contribution in [2.75, 3.05) is 35.2 Å². The van der Waals surface area contributed by atoms with Crippen LogP contribution in [-0.2, 0) is 0 Å². The molecule has 6 N–H and O–H groups in total. The van der Waals surface area contributed by atoms with Crippen molar-refractivity contribution in [1.82, 2.24) is 0 Å². The van der Waals surface area contributed by atoms with E-state index in [-0.39, 0.29) is 24.7 Å². The van der Waals surface area contributed by atoms with Gasteiger partial charge in [-0.1, -0.05) is 0 Å². The van der Waals surface area contributed by atoms with Gasteiger partial charge in [0.15, 0.2) is 11.6 Å². The third-order valence-electron chi connectivity index (χ3n) is 4.26. The fourth-order valence-electron chi connectivity index (χ4n) is 2.61. The molecule has 0 atom stereocenters. The second kappa shape index (κ2) is 8.73. The highest BCUT2D eigenvalue weighted by molar-refractivity contribution is 6.00. The number of rotatable bonds is 8. The van der Waals surface area contributed by atoms with Gasteiger partial charge in [0.25, 0.3) is 0 Å². The first kappa shape index (κ1) is 19.0. The molecule has 142 valence electrons. The lowest BCUT2D eigenvalue weighted by atomic mass is 10.1. The highest BCUT2D eigenvalue weighted by Gasteiger charge is 2.07. The van der Waals surface area contributed by atoms with Crippen LogP contribution in [0.4, 0.5) is 22.7 Å². The zero-order valence-electron chi connectivity index (χ0n) is 15.3. The Balaban J connectivity index is 1.49. The summed E-state index contributed by atoms with van der Waals surface area (Å²) in [5.74, 6) is -0.0346. The zero-order valence-corrected chi connectivity index (χ0v) is 15.3. The standard InChI is InChI=1S/C22H22N4O2/c23-17-5-1-15(2-6-17)21(27)13-25-19-9-11-20(12-10-19)26-14-22(28)16-3-7-18(24)8-4-16/h1-12,25-26H,13-14,23-24H2. The molecule has 0 aliphatic carbocycles. The molecule has 3 aromatic carbocycles. The third-order valence-corrected chi connectivity index (χ3v) is 4.26. The van der Waals surface area contributed by atoms with Gasteiger partial charge in [-0.05, 0) is 72.8 Å². The minimum Gasteiger partial charge on any atom is -0.399 e. The summed E-state index contributed by atoms with van der Waals surface area (Å²) in [7, 11) is 0. The van der Waals surface area contributed by atoms with E-state index in [0.29, 0.717) is 22.5 Å². The van der Waals surface area contributed by atoms with Crippen molar-refractivity contribution in [2.24, 2.45) is 0 Å². The maximum absolute atomic E-state index is 12.2. The summed E-state index contributed by atoms with van der Waals surface area (Å²) in [5, 5.41) is 6.19. The minimum atomic E-state index is -0.0173. The normalized spacial score (nSPS) is 10.3. The Kier molecular flexibility index (Phi) is 5.91. The van der Waals surface area contributed by atoms with E-state index in [4.69, 9.17) is 11.5 Å². The first-order valence-corrected chi connectivity index (χ1v) is 8.86. The number of hydrogen-bond acceptors (Lipinski definition) is 6. The van der Waals surface area contributed by atoms with Crippen molar-refractivity contribution in [2.45, 2.75) is 0 Å². The first-order valence-electron chi connectivity index (χ1n) is 8.86. The summed E-state index contributed by atoms with van der Waals surface area (Å²) < 4.78 is 0. The molecule has 0 saturated heterocycles. The van der Waals surface area contributed by atoms with E-state index in [1.165, 1.54) is 0 Å². The number of anilines is 4. The molecule has 0 amide bonds. The summed E-state index contributed by atoms with van der Waals surface area (Å²) in [6.45, 7) is 0.374. The number of nitrogens with two attached hydrogens (primary N) is 2. The van der Waals surface area contributed by atoms with E-state index in [1.54, 1.807) is 48.5 Å². The number of nitrogen functional groups attached to an aromatic ring is 2. The molecule has 3 aromatic rings.